The van der Waals surface area contributed by atoms with Crippen LogP contribution in [0.2, 0.25) is 0 Å². The summed E-state index contributed by atoms with van der Waals surface area (Å²) >= 11 is 0. The van der Waals surface area contributed by atoms with E-state index in [9.17, 15) is 8.42 Å². The van der Waals surface area contributed by atoms with Crippen LogP contribution in [0.4, 0.5) is 0 Å². The van der Waals surface area contributed by atoms with Gasteiger partial charge >= 0.3 is 0 Å². The first-order chi connectivity index (χ1) is 10.5. The van der Waals surface area contributed by atoms with Gasteiger partial charge in [-0.15, -0.1) is 0 Å². The van der Waals surface area contributed by atoms with E-state index in [0.717, 1.165) is 24.5 Å². The van der Waals surface area contributed by atoms with E-state index in [1.165, 1.54) is 37.8 Å². The molecular weight excluding hydrogens is 300 g/mol. The van der Waals surface area contributed by atoms with Gasteiger partial charge in [0.1, 0.15) is 0 Å². The minimum atomic E-state index is -3.62. The number of benzene rings is 1. The number of nitrogens with zero attached hydrogens (tertiary/aromatic N) is 1. The van der Waals surface area contributed by atoms with Crippen molar-refractivity contribution in [3.8, 4) is 0 Å². The zero-order valence-corrected chi connectivity index (χ0v) is 13.7. The molecule has 4 N–H and O–H groups in total. The highest BCUT2D eigenvalue weighted by atomic mass is 32.2. The van der Waals surface area contributed by atoms with Crippen LogP contribution in [0.15, 0.2) is 34.2 Å². The minimum Gasteiger partial charge on any atom is -0.356 e. The van der Waals surface area contributed by atoms with Gasteiger partial charge in [0, 0.05) is 19.6 Å². The lowest BCUT2D eigenvalue weighted by molar-refractivity contribution is 0.598. The molecule has 0 atom stereocenters. The molecule has 1 fully saturated rings. The number of nitrogens with one attached hydrogen (secondary N) is 2. The molecule has 0 aliphatic heterocycles. The molecular formula is C15H24N4O2S. The van der Waals surface area contributed by atoms with Gasteiger partial charge in [0.25, 0.3) is 0 Å². The van der Waals surface area contributed by atoms with Crippen molar-refractivity contribution in [1.82, 2.24) is 10.6 Å². The fourth-order valence-corrected chi connectivity index (χ4v) is 3.14. The van der Waals surface area contributed by atoms with Gasteiger partial charge in [-0.05, 0) is 37.0 Å². The largest absolute Gasteiger partial charge is 0.356 e. The summed E-state index contributed by atoms with van der Waals surface area (Å²) in [6, 6.07) is 7.18. The van der Waals surface area contributed by atoms with Crippen LogP contribution in [0.5, 0.6) is 0 Å². The molecule has 1 aromatic rings. The van der Waals surface area contributed by atoms with Gasteiger partial charge in [0.15, 0.2) is 5.96 Å². The van der Waals surface area contributed by atoms with E-state index in [1.807, 2.05) is 0 Å². The van der Waals surface area contributed by atoms with Crippen molar-refractivity contribution in [3.05, 3.63) is 29.8 Å². The number of hydrogen-bond donors (Lipinski definition) is 3. The summed E-state index contributed by atoms with van der Waals surface area (Å²) in [4.78, 5) is 4.37. The Hall–Kier alpha value is -1.60. The van der Waals surface area contributed by atoms with Crippen LogP contribution < -0.4 is 15.8 Å². The maximum Gasteiger partial charge on any atom is 0.238 e. The summed E-state index contributed by atoms with van der Waals surface area (Å²) in [7, 11) is -1.85. The number of guanidine groups is 1. The highest BCUT2D eigenvalue weighted by molar-refractivity contribution is 7.89. The normalized spacial score (nSPS) is 16.7. The van der Waals surface area contributed by atoms with Crippen molar-refractivity contribution in [2.24, 2.45) is 10.1 Å². The van der Waals surface area contributed by atoms with Gasteiger partial charge in [-0.2, -0.15) is 0 Å². The molecule has 1 aliphatic rings. The Morgan fingerprint density at radius 2 is 1.91 bits per heavy atom. The van der Waals surface area contributed by atoms with Crippen molar-refractivity contribution in [2.75, 3.05) is 13.6 Å². The molecule has 22 heavy (non-hydrogen) atoms. The monoisotopic (exact) mass is 324 g/mol. The average molecular weight is 324 g/mol. The smallest absolute Gasteiger partial charge is 0.238 e. The van der Waals surface area contributed by atoms with Crippen molar-refractivity contribution in [2.45, 2.75) is 43.0 Å². The number of sulfonamides is 1. The van der Waals surface area contributed by atoms with Crippen molar-refractivity contribution < 1.29 is 8.42 Å². The molecule has 1 saturated carbocycles. The molecule has 0 amide bonds. The van der Waals surface area contributed by atoms with Crippen molar-refractivity contribution in [1.29, 1.82) is 0 Å². The molecule has 0 radical (unpaired) electrons. The summed E-state index contributed by atoms with van der Waals surface area (Å²) in [5.41, 5.74) is 1.05. The van der Waals surface area contributed by atoms with Crippen LogP contribution in [0, 0.1) is 0 Å². The van der Waals surface area contributed by atoms with Gasteiger partial charge < -0.3 is 10.6 Å². The maximum absolute atomic E-state index is 11.2. The van der Waals surface area contributed by atoms with Crippen LogP contribution in [-0.4, -0.2) is 34.0 Å². The van der Waals surface area contributed by atoms with Gasteiger partial charge in [-0.25, -0.2) is 13.6 Å². The Morgan fingerprint density at radius 1 is 1.27 bits per heavy atom. The standard InChI is InChI=1S/C15H24N4O2S/c1-17-15(19-13-4-2-3-5-13)18-11-10-12-6-8-14(9-7-12)22(16,20)21/h6-9,13H,2-5,10-11H2,1H3,(H2,16,20,21)(H2,17,18,19). The third-order valence-corrected chi connectivity index (χ3v) is 4.81. The third kappa shape index (κ3) is 4.99. The summed E-state index contributed by atoms with van der Waals surface area (Å²) in [6.07, 6.45) is 5.76. The van der Waals surface area contributed by atoms with Crippen LogP contribution in [0.25, 0.3) is 0 Å². The topological polar surface area (TPSA) is 96.6 Å². The molecule has 1 aromatic carbocycles. The van der Waals surface area contributed by atoms with E-state index in [-0.39, 0.29) is 4.90 Å². The Bertz CT molecular complexity index is 605. The molecule has 0 spiro atoms. The van der Waals surface area contributed by atoms with E-state index in [2.05, 4.69) is 15.6 Å². The molecule has 1 aliphatic carbocycles. The van der Waals surface area contributed by atoms with E-state index >= 15 is 0 Å². The fraction of sp³-hybridized carbons (Fsp3) is 0.533. The number of rotatable bonds is 5. The Balaban J connectivity index is 1.79. The molecule has 0 bridgehead atoms. The van der Waals surface area contributed by atoms with Gasteiger partial charge in [0.2, 0.25) is 10.0 Å². The lowest BCUT2D eigenvalue weighted by Crippen LogP contribution is -2.42. The lowest BCUT2D eigenvalue weighted by atomic mass is 10.1. The van der Waals surface area contributed by atoms with E-state index in [0.29, 0.717) is 6.04 Å². The SMILES string of the molecule is CN=C(NCCc1ccc(S(N)(=O)=O)cc1)NC1CCCC1. The van der Waals surface area contributed by atoms with Crippen molar-refractivity contribution in [3.63, 3.8) is 0 Å². The molecule has 2 rings (SSSR count). The van der Waals surface area contributed by atoms with Gasteiger partial charge in [-0.1, -0.05) is 25.0 Å². The predicted octanol–water partition coefficient (Wildman–Crippen LogP) is 0.984. The number of hydrogen-bond acceptors (Lipinski definition) is 3. The predicted molar refractivity (Wildman–Crippen MR) is 88.3 cm³/mol. The minimum absolute atomic E-state index is 0.142. The summed E-state index contributed by atoms with van der Waals surface area (Å²) in [6.45, 7) is 0.737. The highest BCUT2D eigenvalue weighted by Gasteiger charge is 2.15. The second kappa shape index (κ2) is 7.60. The summed E-state index contributed by atoms with van der Waals surface area (Å²) < 4.78 is 22.4. The van der Waals surface area contributed by atoms with Crippen LogP contribution in [0.1, 0.15) is 31.2 Å². The Kier molecular flexibility index (Phi) is 5.79. The first kappa shape index (κ1) is 16.8. The van der Waals surface area contributed by atoms with E-state index in [1.54, 1.807) is 19.2 Å². The molecule has 7 heteroatoms. The number of primary sulfonamides is 1. The quantitative estimate of drug-likeness (QED) is 0.556. The van der Waals surface area contributed by atoms with Gasteiger partial charge in [0.05, 0.1) is 4.90 Å². The second-order valence-corrected chi connectivity index (χ2v) is 7.13. The first-order valence-electron chi connectivity index (χ1n) is 7.58. The first-order valence-corrected chi connectivity index (χ1v) is 9.12. The summed E-state index contributed by atoms with van der Waals surface area (Å²) in [5, 5.41) is 11.8. The van der Waals surface area contributed by atoms with Crippen LogP contribution in [-0.2, 0) is 16.4 Å². The summed E-state index contributed by atoms with van der Waals surface area (Å²) in [5.74, 6) is 0.827. The van der Waals surface area contributed by atoms with Crippen molar-refractivity contribution >= 4 is 16.0 Å². The molecule has 0 unspecified atom stereocenters. The molecule has 0 saturated heterocycles. The number of nitrogens with two attached hydrogens (primary N) is 1. The second-order valence-electron chi connectivity index (χ2n) is 5.56. The zero-order valence-electron chi connectivity index (χ0n) is 12.9. The molecule has 0 aromatic heterocycles. The van der Waals surface area contributed by atoms with Gasteiger partial charge in [-0.3, -0.25) is 4.99 Å². The maximum atomic E-state index is 11.2. The highest BCUT2D eigenvalue weighted by Crippen LogP contribution is 2.17. The van der Waals surface area contributed by atoms with Crippen LogP contribution in [0.3, 0.4) is 0 Å². The Labute approximate surface area is 132 Å². The number of aliphatic imine (C=N–C) groups is 1. The van der Waals surface area contributed by atoms with E-state index in [4.69, 9.17) is 5.14 Å². The van der Waals surface area contributed by atoms with E-state index < -0.39 is 10.0 Å². The Morgan fingerprint density at radius 3 is 2.45 bits per heavy atom. The average Bonchev–Trinajstić information content (AvgIpc) is 2.99. The van der Waals surface area contributed by atoms with Crippen LogP contribution >= 0.6 is 0 Å². The molecule has 0 heterocycles. The zero-order chi connectivity index (χ0) is 16.0. The molecule has 122 valence electrons. The third-order valence-electron chi connectivity index (χ3n) is 3.88. The lowest BCUT2D eigenvalue weighted by Gasteiger charge is -2.16. The fourth-order valence-electron chi connectivity index (χ4n) is 2.63. The molecule has 6 nitrogen and oxygen atoms in total.